The van der Waals surface area contributed by atoms with Gasteiger partial charge < -0.3 is 14.5 Å². The number of ketones is 1. The van der Waals surface area contributed by atoms with E-state index in [4.69, 9.17) is 9.15 Å². The van der Waals surface area contributed by atoms with E-state index >= 15 is 0 Å². The number of nitrogens with one attached hydrogen (secondary N) is 1. The van der Waals surface area contributed by atoms with E-state index in [2.05, 4.69) is 5.32 Å². The number of hydrogen-bond acceptors (Lipinski definition) is 4. The van der Waals surface area contributed by atoms with Gasteiger partial charge in [-0.25, -0.2) is 0 Å². The van der Waals surface area contributed by atoms with Crippen molar-refractivity contribution in [1.29, 1.82) is 0 Å². The number of furan rings is 1. The summed E-state index contributed by atoms with van der Waals surface area (Å²) in [5.41, 5.74) is 0.705. The maximum Gasteiger partial charge on any atom is 0.194 e. The molecule has 1 aromatic carbocycles. The number of fused-ring (bicyclic) bond motifs is 1. The molecule has 0 amide bonds. The van der Waals surface area contributed by atoms with Gasteiger partial charge in [-0.15, -0.1) is 0 Å². The van der Waals surface area contributed by atoms with Crippen LogP contribution in [0.3, 0.4) is 0 Å². The molecule has 0 atom stereocenters. The van der Waals surface area contributed by atoms with Crippen LogP contribution < -0.4 is 10.1 Å². The van der Waals surface area contributed by atoms with Crippen molar-refractivity contribution in [2.75, 3.05) is 20.2 Å². The number of ether oxygens (including phenoxy) is 1. The Morgan fingerprint density at radius 2 is 2.24 bits per heavy atom. The third-order valence-corrected chi connectivity index (χ3v) is 2.46. The van der Waals surface area contributed by atoms with E-state index < -0.39 is 0 Å². The molecule has 90 valence electrons. The molecule has 0 unspecified atom stereocenters. The lowest BCUT2D eigenvalue weighted by Gasteiger charge is -2.04. The minimum Gasteiger partial charge on any atom is -0.492 e. The van der Waals surface area contributed by atoms with Gasteiger partial charge in [-0.3, -0.25) is 4.79 Å². The van der Waals surface area contributed by atoms with Crippen molar-refractivity contribution in [3.05, 3.63) is 30.0 Å². The fraction of sp³-hybridized carbons (Fsp3) is 0.308. The molecule has 2 aromatic rings. The molecule has 0 saturated heterocycles. The van der Waals surface area contributed by atoms with Gasteiger partial charge in [-0.05, 0) is 31.3 Å². The monoisotopic (exact) mass is 233 g/mol. The topological polar surface area (TPSA) is 51.5 Å². The number of carbonyl (C=O) groups is 1. The molecule has 1 heterocycles. The van der Waals surface area contributed by atoms with Gasteiger partial charge >= 0.3 is 0 Å². The van der Waals surface area contributed by atoms with E-state index in [1.807, 2.05) is 25.2 Å². The Morgan fingerprint density at radius 3 is 2.94 bits per heavy atom. The summed E-state index contributed by atoms with van der Waals surface area (Å²) in [7, 11) is 1.88. The lowest BCUT2D eigenvalue weighted by atomic mass is 10.2. The smallest absolute Gasteiger partial charge is 0.194 e. The number of likely N-dealkylation sites (N-methyl/N-ethyl adjacent to an activating group) is 1. The first-order valence-corrected chi connectivity index (χ1v) is 5.52. The third kappa shape index (κ3) is 2.65. The molecule has 4 nitrogen and oxygen atoms in total. The van der Waals surface area contributed by atoms with Crippen LogP contribution in [0.2, 0.25) is 0 Å². The minimum atomic E-state index is -0.0705. The SMILES string of the molecule is CNCCOc1ccc2oc(C(C)=O)cc2c1. The Hall–Kier alpha value is -1.81. The third-order valence-electron chi connectivity index (χ3n) is 2.46. The summed E-state index contributed by atoms with van der Waals surface area (Å²) < 4.78 is 10.9. The fourth-order valence-corrected chi connectivity index (χ4v) is 1.56. The molecule has 0 radical (unpaired) electrons. The molecular weight excluding hydrogens is 218 g/mol. The summed E-state index contributed by atoms with van der Waals surface area (Å²) in [4.78, 5) is 11.2. The Balaban J connectivity index is 2.21. The number of benzene rings is 1. The van der Waals surface area contributed by atoms with Crippen LogP contribution in [0, 0.1) is 0 Å². The maximum atomic E-state index is 11.2. The maximum absolute atomic E-state index is 11.2. The van der Waals surface area contributed by atoms with E-state index in [1.165, 1.54) is 6.92 Å². The molecule has 0 fully saturated rings. The summed E-state index contributed by atoms with van der Waals surface area (Å²) in [6, 6.07) is 7.27. The van der Waals surface area contributed by atoms with Gasteiger partial charge in [0.05, 0.1) is 0 Å². The van der Waals surface area contributed by atoms with Crippen LogP contribution in [0.15, 0.2) is 28.7 Å². The first kappa shape index (κ1) is 11.7. The van der Waals surface area contributed by atoms with E-state index in [1.54, 1.807) is 6.07 Å². The Kier molecular flexibility index (Phi) is 3.44. The van der Waals surface area contributed by atoms with Gasteiger partial charge in [0.15, 0.2) is 11.5 Å². The lowest BCUT2D eigenvalue weighted by Crippen LogP contribution is -2.15. The minimum absolute atomic E-state index is 0.0705. The molecule has 0 bridgehead atoms. The fourth-order valence-electron chi connectivity index (χ4n) is 1.56. The van der Waals surface area contributed by atoms with Crippen molar-refractivity contribution in [2.45, 2.75) is 6.92 Å². The zero-order chi connectivity index (χ0) is 12.3. The van der Waals surface area contributed by atoms with Gasteiger partial charge in [0, 0.05) is 18.9 Å². The van der Waals surface area contributed by atoms with Crippen LogP contribution >= 0.6 is 0 Å². The van der Waals surface area contributed by atoms with E-state index in [9.17, 15) is 4.79 Å². The van der Waals surface area contributed by atoms with Crippen LogP contribution in [0.5, 0.6) is 5.75 Å². The number of hydrogen-bond donors (Lipinski definition) is 1. The van der Waals surface area contributed by atoms with Crippen molar-refractivity contribution in [3.8, 4) is 5.75 Å². The molecule has 4 heteroatoms. The molecule has 2 rings (SSSR count). The van der Waals surface area contributed by atoms with E-state index in [0.29, 0.717) is 18.0 Å². The van der Waals surface area contributed by atoms with Crippen LogP contribution in [-0.4, -0.2) is 26.0 Å². The summed E-state index contributed by atoms with van der Waals surface area (Å²) in [5, 5.41) is 3.89. The highest BCUT2D eigenvalue weighted by Gasteiger charge is 2.08. The number of Topliss-reactive ketones (excluding diaryl/α,β-unsaturated/α-hetero) is 1. The van der Waals surface area contributed by atoms with E-state index in [0.717, 1.165) is 17.7 Å². The molecular formula is C13H15NO3. The van der Waals surface area contributed by atoms with Gasteiger partial charge in [-0.2, -0.15) is 0 Å². The predicted molar refractivity (Wildman–Crippen MR) is 65.6 cm³/mol. The van der Waals surface area contributed by atoms with Gasteiger partial charge in [0.1, 0.15) is 17.9 Å². The molecule has 0 saturated carbocycles. The lowest BCUT2D eigenvalue weighted by molar-refractivity contribution is 0.0989. The predicted octanol–water partition coefficient (Wildman–Crippen LogP) is 2.23. The first-order chi connectivity index (χ1) is 8.20. The molecule has 0 spiro atoms. The molecule has 17 heavy (non-hydrogen) atoms. The standard InChI is InChI=1S/C13H15NO3/c1-9(15)13-8-10-7-11(16-6-5-14-2)3-4-12(10)17-13/h3-4,7-8,14H,5-6H2,1-2H3. The van der Waals surface area contributed by atoms with Gasteiger partial charge in [0.25, 0.3) is 0 Å². The normalized spacial score (nSPS) is 10.7. The molecule has 0 aliphatic rings. The van der Waals surface area contributed by atoms with Crippen molar-refractivity contribution in [3.63, 3.8) is 0 Å². The Morgan fingerprint density at radius 1 is 1.41 bits per heavy atom. The number of carbonyl (C=O) groups excluding carboxylic acids is 1. The Bertz CT molecular complexity index is 530. The van der Waals surface area contributed by atoms with Crippen molar-refractivity contribution in [2.24, 2.45) is 0 Å². The van der Waals surface area contributed by atoms with Crippen molar-refractivity contribution < 1.29 is 13.9 Å². The number of rotatable bonds is 5. The highest BCUT2D eigenvalue weighted by molar-refractivity contribution is 5.96. The van der Waals surface area contributed by atoms with Gasteiger partial charge in [0.2, 0.25) is 0 Å². The highest BCUT2D eigenvalue weighted by atomic mass is 16.5. The largest absolute Gasteiger partial charge is 0.492 e. The van der Waals surface area contributed by atoms with Crippen LogP contribution in [0.1, 0.15) is 17.5 Å². The highest BCUT2D eigenvalue weighted by Crippen LogP contribution is 2.24. The zero-order valence-corrected chi connectivity index (χ0v) is 9.95. The summed E-state index contributed by atoms with van der Waals surface area (Å²) in [6.07, 6.45) is 0. The average molecular weight is 233 g/mol. The quantitative estimate of drug-likeness (QED) is 0.635. The van der Waals surface area contributed by atoms with Crippen LogP contribution in [0.4, 0.5) is 0 Å². The summed E-state index contributed by atoms with van der Waals surface area (Å²) in [6.45, 7) is 2.89. The van der Waals surface area contributed by atoms with Crippen molar-refractivity contribution >= 4 is 16.8 Å². The molecule has 1 aromatic heterocycles. The van der Waals surface area contributed by atoms with E-state index in [-0.39, 0.29) is 5.78 Å². The second kappa shape index (κ2) is 5.01. The summed E-state index contributed by atoms with van der Waals surface area (Å²) >= 11 is 0. The molecule has 1 N–H and O–H groups in total. The summed E-state index contributed by atoms with van der Waals surface area (Å²) in [5.74, 6) is 1.09. The van der Waals surface area contributed by atoms with Gasteiger partial charge in [-0.1, -0.05) is 0 Å². The van der Waals surface area contributed by atoms with Crippen LogP contribution in [0.25, 0.3) is 11.0 Å². The second-order valence-electron chi connectivity index (χ2n) is 3.82. The first-order valence-electron chi connectivity index (χ1n) is 5.52. The molecule has 0 aliphatic heterocycles. The molecule has 0 aliphatic carbocycles. The average Bonchev–Trinajstić information content (AvgIpc) is 2.72. The Labute approximate surface area is 99.6 Å². The second-order valence-corrected chi connectivity index (χ2v) is 3.82. The zero-order valence-electron chi connectivity index (χ0n) is 9.95. The van der Waals surface area contributed by atoms with Crippen molar-refractivity contribution in [1.82, 2.24) is 5.32 Å². The van der Waals surface area contributed by atoms with Crippen LogP contribution in [-0.2, 0) is 0 Å².